The number of hydrogen-bond donors (Lipinski definition) is 7. The van der Waals surface area contributed by atoms with Crippen molar-refractivity contribution in [3.8, 4) is 303 Å². The van der Waals surface area contributed by atoms with E-state index in [0.717, 1.165) is 14.6 Å². The third-order valence-electron chi connectivity index (χ3n) is 12.3. The van der Waals surface area contributed by atoms with Gasteiger partial charge in [-0.25, -0.2) is 10.1 Å². The van der Waals surface area contributed by atoms with E-state index in [1.54, 1.807) is 64.1 Å². The quantitative estimate of drug-likeness (QED) is 0.00408. The van der Waals surface area contributed by atoms with E-state index in [2.05, 4.69) is 343 Å². The van der Waals surface area contributed by atoms with E-state index in [4.69, 9.17) is 208 Å². The number of aromatic amines is 1. The summed E-state index contributed by atoms with van der Waals surface area (Å²) < 4.78 is 37.6. The zero-order chi connectivity index (χ0) is 108. The number of rotatable bonds is 15. The summed E-state index contributed by atoms with van der Waals surface area (Å²) in [5.41, 5.74) is 8.81. The Morgan fingerprint density at radius 1 is 0.521 bits per heavy atom. The molecular formula is C98H71Cl15MnN12O10S7Sn. The number of aromatic nitrogens is 4. The molecule has 0 aromatic carbocycles. The van der Waals surface area contributed by atoms with Gasteiger partial charge in [0.25, 0.3) is 0 Å². The van der Waals surface area contributed by atoms with E-state index in [9.17, 15) is 14.4 Å². The van der Waals surface area contributed by atoms with Crippen molar-refractivity contribution >= 4 is 293 Å². The van der Waals surface area contributed by atoms with Crippen molar-refractivity contribution in [2.24, 2.45) is 14.4 Å². The summed E-state index contributed by atoms with van der Waals surface area (Å²) in [6, 6.07) is 11.7. The van der Waals surface area contributed by atoms with Crippen LogP contribution in [-0.4, -0.2) is 92.8 Å². The van der Waals surface area contributed by atoms with Crippen LogP contribution in [0.1, 0.15) is 129 Å². The van der Waals surface area contributed by atoms with Crippen LogP contribution in [0.4, 0.5) is 0 Å². The number of carbonyl (C=O) groups is 3. The molecule has 7 aromatic heterocycles. The van der Waals surface area contributed by atoms with Crippen LogP contribution in [0.25, 0.3) is 21.1 Å². The van der Waals surface area contributed by atoms with E-state index in [1.807, 2.05) is 11.4 Å². The van der Waals surface area contributed by atoms with Gasteiger partial charge < -0.3 is 26.8 Å². The molecule has 8 rings (SSSR count). The van der Waals surface area contributed by atoms with Crippen molar-refractivity contribution < 1.29 is 61.7 Å². The predicted octanol–water partition coefficient (Wildman–Crippen LogP) is 24.6. The topological polar surface area (TPSA) is 387 Å². The first-order chi connectivity index (χ1) is 68.3. The standard InChI is InChI=1S/C14H2.2C13H4.C12H6.C5H2Cl2N4S.C5H3Cl2NOS.C5HCl2NS.C5H4Cl2OS.C5H2Cl2OS.C5H5ClOS.C4H4ClNO2.3C4H9.Cl2OS.ClH.Mn.N3.H3NO.H3N.2O.Sn/c1-3-5-7-9-11-13-14-12-10-8-6-4-2;2*1-3-5-7-9-11-13-12-10-8-6-4-2;1-3-5-7-9-11-12-10-8-6-4-2;6-2-1-3(7)12-4(2)5-8-10-11-9-5;6-3-1-5(7)10-4(3)2-8-9;3*6-3-1-5(7)9-4(3)2-8;6-4-1-2-8-5(4)3-7;5-6-3(7)1-2-4(6)8;3*1-3-4-2;1-4(2)3;;;1-3-2;1-2;;;;/h1-2H;2*1H,2H3;1-2H3;1H,(H,8,9,10,11);1-2,9H;1H;1,8H,2H2;1-2H;1-2,7H,3H2;1-2H2;3*1,3-4H2,2H3;;1H;;;2H,1H2;1H3;;;/q;;;;;;;;;;;;;;;;;-1;;;;;+1. The zero-order valence-electron chi connectivity index (χ0n) is 75.7. The number of carbonyl (C=O) groups excluding carboxylic acids is 3. The molecule has 10 N–H and O–H groups in total. The Labute approximate surface area is 952 Å². The Hall–Kier alpha value is -11.0. The number of amides is 2. The summed E-state index contributed by atoms with van der Waals surface area (Å²) in [7, 11) is 7.36. The molecule has 0 spiro atoms. The molecule has 0 aliphatic carbocycles. The number of oxime groups is 1. The van der Waals surface area contributed by atoms with Gasteiger partial charge in [-0.1, -0.05) is 156 Å². The molecule has 0 unspecified atom stereocenters. The van der Waals surface area contributed by atoms with E-state index < -0.39 is 42.7 Å². The van der Waals surface area contributed by atoms with Crippen LogP contribution in [0.3, 0.4) is 0 Å². The molecule has 1 saturated heterocycles. The first-order valence-corrected chi connectivity index (χ1v) is 57.8. The number of terminal acetylenes is 4. The Balaban J connectivity index is -0.000000196. The van der Waals surface area contributed by atoms with Gasteiger partial charge in [-0.05, 0) is 312 Å². The average Bonchev–Trinajstić information content (AvgIpc) is 1.69. The summed E-state index contributed by atoms with van der Waals surface area (Å²) in [4.78, 5) is 37.9. The SMILES string of the molecule is C#CC#CC#CC#CC#CC#CC.C#CC#CC#CC#CC#CC#CC.C#CC#CC#CC#CC#CC#CC#C.CC#CC#CC#CC#CC#CC.CCC[CH2][Sn]([CH2]CCC)([CH2]CCC)[N]=[N+]=[N-].Cl.Clc1cc(Cl)c(-c2nn[nH]n2)s1.N.N#Cc1sc(Cl)cc1Cl.NO.O=C1CCC(=O)N1Cl.O=Cc1sc(Cl)cc1Cl.O=S(Cl)Cl.OCc1sc(Cl)cc1Cl.OCc1sccc1Cl.ON=Cc1sc(Cl)cc1Cl.[O]=[Mn]=[O]. The summed E-state index contributed by atoms with van der Waals surface area (Å²) in [5.74, 6) is 111. The Kier molecular flexibility index (Phi) is 118. The fourth-order valence-corrected chi connectivity index (χ4v) is 27.2. The molecule has 0 saturated carbocycles. The summed E-state index contributed by atoms with van der Waals surface area (Å²) in [6.07, 6.45) is 29.4. The van der Waals surface area contributed by atoms with Crippen molar-refractivity contribution in [1.82, 2.24) is 31.2 Å². The van der Waals surface area contributed by atoms with Gasteiger partial charge in [-0.3, -0.25) is 14.4 Å². The monoisotopic (exact) mass is 2500 g/mol. The molecule has 1 aliphatic rings. The molecule has 2 amide bonds. The van der Waals surface area contributed by atoms with Crippen LogP contribution in [0.2, 0.25) is 65.1 Å². The second-order valence-corrected chi connectivity index (χ2v) is 48.5. The Morgan fingerprint density at radius 2 is 0.826 bits per heavy atom. The number of nitrogens with two attached hydrogens (primary N) is 1. The minimum absolute atomic E-state index is 0. The molecule has 144 heavy (non-hydrogen) atoms. The summed E-state index contributed by atoms with van der Waals surface area (Å²) >= 11 is 70.7. The van der Waals surface area contributed by atoms with Gasteiger partial charge >= 0.3 is 128 Å². The third-order valence-corrected chi connectivity index (χ3v) is 34.7. The maximum atomic E-state index is 10.4. The predicted molar refractivity (Wildman–Crippen MR) is 600 cm³/mol. The van der Waals surface area contributed by atoms with Gasteiger partial charge in [0.2, 0.25) is 26.9 Å². The molecular weight excluding hydrogens is 2440 g/mol. The summed E-state index contributed by atoms with van der Waals surface area (Å²) in [6.45, 7) is 13.6. The van der Waals surface area contributed by atoms with Crippen LogP contribution in [0.15, 0.2) is 50.3 Å². The first-order valence-electron chi connectivity index (χ1n) is 37.2. The van der Waals surface area contributed by atoms with E-state index in [-0.39, 0.29) is 56.4 Å². The second-order valence-electron chi connectivity index (χ2n) is 21.6. The van der Waals surface area contributed by atoms with E-state index >= 15 is 0 Å². The summed E-state index contributed by atoms with van der Waals surface area (Å²) in [5, 5.41) is 61.2. The second kappa shape index (κ2) is 112. The molecule has 0 radical (unpaired) electrons. The molecule has 7 aromatic rings. The number of nitriles is 1. The van der Waals surface area contributed by atoms with Gasteiger partial charge in [0.15, 0.2) is 6.29 Å². The number of aliphatic hydroxyl groups is 2. The minimum atomic E-state index is -2.45. The van der Waals surface area contributed by atoms with Crippen molar-refractivity contribution in [1.29, 1.82) is 5.26 Å². The normalized spacial score (nSPS) is 8.05. The van der Waals surface area contributed by atoms with Crippen molar-refractivity contribution in [3.05, 3.63) is 128 Å². The Morgan fingerprint density at radius 3 is 1.01 bits per heavy atom. The molecule has 741 valence electrons. The van der Waals surface area contributed by atoms with E-state index in [0.29, 0.717) is 83.0 Å². The molecule has 8 heterocycles. The first kappa shape index (κ1) is 151. The number of hydrogen-bond acceptors (Lipinski definition) is 24. The van der Waals surface area contributed by atoms with Gasteiger partial charge in [0, 0.05) is 50.9 Å². The average molecular weight is 2510 g/mol. The van der Waals surface area contributed by atoms with Crippen LogP contribution in [0.5, 0.6) is 0 Å². The number of aliphatic hydroxyl groups excluding tert-OH is 2. The van der Waals surface area contributed by atoms with Crippen LogP contribution >= 0.6 is 241 Å². The number of H-pyrrole nitrogens is 1. The van der Waals surface area contributed by atoms with Gasteiger partial charge in [-0.2, -0.15) is 14.9 Å². The third kappa shape index (κ3) is 94.6. The number of unbranched alkanes of at least 4 members (excludes halogenated alkanes) is 3. The number of nitrogens with zero attached hydrogens (tertiary/aromatic N) is 9. The zero-order valence-corrected chi connectivity index (χ0v) is 96.8. The van der Waals surface area contributed by atoms with Crippen molar-refractivity contribution in [3.63, 3.8) is 0 Å². The molecule has 46 heteroatoms. The van der Waals surface area contributed by atoms with Gasteiger partial charge in [-0.15, -0.1) is 116 Å². The van der Waals surface area contributed by atoms with Crippen LogP contribution in [0, 0.1) is 298 Å². The molecule has 0 bridgehead atoms. The van der Waals surface area contributed by atoms with E-state index in [1.165, 1.54) is 126 Å². The number of aldehydes is 1. The number of imide groups is 1. The van der Waals surface area contributed by atoms with Crippen molar-refractivity contribution in [2.75, 3.05) is 0 Å². The number of halogens is 15. The van der Waals surface area contributed by atoms with Gasteiger partial charge in [0.05, 0.1) is 90.8 Å². The van der Waals surface area contributed by atoms with Crippen molar-refractivity contribution in [2.45, 2.75) is 126 Å². The molecule has 22 nitrogen and oxygen atoms in total. The number of nitrogens with one attached hydrogen (secondary N) is 1. The van der Waals surface area contributed by atoms with Crippen LogP contribution in [-0.2, 0) is 54.5 Å². The molecule has 1 aliphatic heterocycles. The Bertz CT molecular complexity index is 6770. The van der Waals surface area contributed by atoms with Crippen LogP contribution < -0.4 is 12.0 Å². The van der Waals surface area contributed by atoms with Gasteiger partial charge in [0.1, 0.15) is 10.9 Å². The number of azide groups is 1. The number of tetrazole rings is 1. The number of thiophene rings is 6. The molecule has 1 fully saturated rings. The fourth-order valence-electron chi connectivity index (χ4n) is 6.98. The molecule has 0 atom stereocenters. The maximum absolute atomic E-state index is 10.4. The fraction of sp³-hybridized carbons (Fsp3) is 0.204.